The van der Waals surface area contributed by atoms with E-state index < -0.39 is 0 Å². The number of nitrogens with one attached hydrogen (secondary N) is 1. The van der Waals surface area contributed by atoms with E-state index in [1.165, 1.54) is 11.3 Å². The summed E-state index contributed by atoms with van der Waals surface area (Å²) in [6.45, 7) is 6.32. The van der Waals surface area contributed by atoms with Crippen molar-refractivity contribution in [3.05, 3.63) is 39.9 Å². The monoisotopic (exact) mass is 309 g/mol. The number of hydrogen-bond acceptors (Lipinski definition) is 4. The number of anilines is 1. The van der Waals surface area contributed by atoms with Gasteiger partial charge in [0.15, 0.2) is 0 Å². The normalized spacial score (nSPS) is 11.4. The summed E-state index contributed by atoms with van der Waals surface area (Å²) >= 11 is 7.20. The minimum Gasteiger partial charge on any atom is -0.296 e. The molecule has 0 bridgehead atoms. The maximum atomic E-state index is 12.0. The first-order valence-corrected chi connectivity index (χ1v) is 7.53. The Morgan fingerprint density at radius 3 is 2.55 bits per heavy atom. The molecule has 1 N–H and O–H groups in total. The minimum atomic E-state index is -0.210. The third kappa shape index (κ3) is 3.35. The fourth-order valence-corrected chi connectivity index (χ4v) is 2.51. The lowest BCUT2D eigenvalue weighted by Crippen LogP contribution is -2.14. The Morgan fingerprint density at radius 2 is 1.95 bits per heavy atom. The first kappa shape index (κ1) is 14.9. The molecular weight excluding hydrogens is 294 g/mol. The highest BCUT2D eigenvalue weighted by molar-refractivity contribution is 7.15. The Morgan fingerprint density at radius 1 is 1.30 bits per heavy atom. The first-order chi connectivity index (χ1) is 9.42. The number of halogens is 1. The van der Waals surface area contributed by atoms with E-state index in [4.69, 9.17) is 11.6 Å². The molecule has 2 aromatic rings. The maximum absolute atomic E-state index is 12.0. The average molecular weight is 310 g/mol. The molecule has 106 valence electrons. The van der Waals surface area contributed by atoms with Crippen LogP contribution in [0.4, 0.5) is 5.13 Å². The molecule has 1 aromatic carbocycles. The number of carbonyl (C=O) groups is 1. The second-order valence-electron chi connectivity index (χ2n) is 5.11. The standard InChI is InChI=1S/C14H16ClN3OS/c1-4-14(2,3)12-17-18-13(20-12)16-11(19)9-5-7-10(15)8-6-9/h5-8H,4H2,1-3H3,(H,16,18,19). The Kier molecular flexibility index (Phi) is 4.40. The van der Waals surface area contributed by atoms with Gasteiger partial charge in [-0.2, -0.15) is 0 Å². The van der Waals surface area contributed by atoms with Crippen molar-refractivity contribution in [2.75, 3.05) is 5.32 Å². The van der Waals surface area contributed by atoms with Gasteiger partial charge in [-0.3, -0.25) is 10.1 Å². The van der Waals surface area contributed by atoms with E-state index in [1.807, 2.05) is 0 Å². The number of carbonyl (C=O) groups excluding carboxylic acids is 1. The smallest absolute Gasteiger partial charge is 0.257 e. The zero-order valence-corrected chi connectivity index (χ0v) is 13.2. The molecule has 0 aliphatic carbocycles. The third-order valence-corrected chi connectivity index (χ3v) is 4.67. The van der Waals surface area contributed by atoms with Crippen LogP contribution in [0.25, 0.3) is 0 Å². The Labute approximate surface area is 127 Å². The fourth-order valence-electron chi connectivity index (χ4n) is 1.47. The summed E-state index contributed by atoms with van der Waals surface area (Å²) < 4.78 is 0. The summed E-state index contributed by atoms with van der Waals surface area (Å²) in [7, 11) is 0. The van der Waals surface area contributed by atoms with E-state index in [9.17, 15) is 4.79 Å². The highest BCUT2D eigenvalue weighted by atomic mass is 35.5. The molecule has 0 saturated carbocycles. The van der Waals surface area contributed by atoms with E-state index in [0.717, 1.165) is 11.4 Å². The lowest BCUT2D eigenvalue weighted by Gasteiger charge is -2.17. The van der Waals surface area contributed by atoms with Crippen molar-refractivity contribution >= 4 is 34.0 Å². The van der Waals surface area contributed by atoms with Crippen molar-refractivity contribution in [3.63, 3.8) is 0 Å². The van der Waals surface area contributed by atoms with E-state index >= 15 is 0 Å². The molecule has 0 aliphatic rings. The van der Waals surface area contributed by atoms with Gasteiger partial charge in [0.1, 0.15) is 5.01 Å². The zero-order valence-electron chi connectivity index (χ0n) is 11.6. The van der Waals surface area contributed by atoms with Crippen molar-refractivity contribution < 1.29 is 4.79 Å². The lowest BCUT2D eigenvalue weighted by atomic mass is 9.91. The van der Waals surface area contributed by atoms with Gasteiger partial charge in [0.2, 0.25) is 5.13 Å². The zero-order chi connectivity index (χ0) is 14.8. The van der Waals surface area contributed by atoms with Gasteiger partial charge >= 0.3 is 0 Å². The molecule has 4 nitrogen and oxygen atoms in total. The van der Waals surface area contributed by atoms with Gasteiger partial charge in [-0.05, 0) is 30.7 Å². The number of hydrogen-bond donors (Lipinski definition) is 1. The lowest BCUT2D eigenvalue weighted by molar-refractivity contribution is 0.102. The SMILES string of the molecule is CCC(C)(C)c1nnc(NC(=O)c2ccc(Cl)cc2)s1. The third-order valence-electron chi connectivity index (χ3n) is 3.21. The Balaban J connectivity index is 2.11. The molecular formula is C14H16ClN3OS. The number of benzene rings is 1. The van der Waals surface area contributed by atoms with Gasteiger partial charge in [0.25, 0.3) is 5.91 Å². The quantitative estimate of drug-likeness (QED) is 0.923. The first-order valence-electron chi connectivity index (χ1n) is 6.33. The van der Waals surface area contributed by atoms with Crippen LogP contribution in [0.2, 0.25) is 5.02 Å². The molecule has 0 radical (unpaired) electrons. The summed E-state index contributed by atoms with van der Waals surface area (Å²) in [5.74, 6) is -0.210. The van der Waals surface area contributed by atoms with Crippen molar-refractivity contribution in [2.45, 2.75) is 32.6 Å². The second-order valence-corrected chi connectivity index (χ2v) is 6.52. The molecule has 2 rings (SSSR count). The second kappa shape index (κ2) is 5.89. The average Bonchev–Trinajstić information content (AvgIpc) is 2.88. The van der Waals surface area contributed by atoms with E-state index in [0.29, 0.717) is 15.7 Å². The van der Waals surface area contributed by atoms with Crippen LogP contribution in [0, 0.1) is 0 Å². The predicted molar refractivity (Wildman–Crippen MR) is 82.6 cm³/mol. The van der Waals surface area contributed by atoms with Crippen LogP contribution in [-0.4, -0.2) is 16.1 Å². The molecule has 20 heavy (non-hydrogen) atoms. The van der Waals surface area contributed by atoms with Gasteiger partial charge in [-0.15, -0.1) is 10.2 Å². The Hall–Kier alpha value is -1.46. The maximum Gasteiger partial charge on any atom is 0.257 e. The van der Waals surface area contributed by atoms with Crippen molar-refractivity contribution in [3.8, 4) is 0 Å². The molecule has 1 heterocycles. The Bertz CT molecular complexity index is 607. The van der Waals surface area contributed by atoms with E-state index in [-0.39, 0.29) is 11.3 Å². The van der Waals surface area contributed by atoms with Gasteiger partial charge in [-0.1, -0.05) is 43.7 Å². The van der Waals surface area contributed by atoms with Crippen molar-refractivity contribution in [1.82, 2.24) is 10.2 Å². The van der Waals surface area contributed by atoms with Crippen LogP contribution in [0.5, 0.6) is 0 Å². The topological polar surface area (TPSA) is 54.9 Å². The molecule has 0 atom stereocenters. The highest BCUT2D eigenvalue weighted by Crippen LogP contribution is 2.31. The van der Waals surface area contributed by atoms with Gasteiger partial charge in [0.05, 0.1) is 0 Å². The molecule has 0 unspecified atom stereocenters. The van der Waals surface area contributed by atoms with Crippen LogP contribution in [0.3, 0.4) is 0 Å². The van der Waals surface area contributed by atoms with Crippen molar-refractivity contribution in [1.29, 1.82) is 0 Å². The van der Waals surface area contributed by atoms with Crippen LogP contribution in [0.15, 0.2) is 24.3 Å². The number of nitrogens with zero attached hydrogens (tertiary/aromatic N) is 2. The van der Waals surface area contributed by atoms with Crippen LogP contribution in [-0.2, 0) is 5.41 Å². The van der Waals surface area contributed by atoms with Crippen LogP contribution < -0.4 is 5.32 Å². The van der Waals surface area contributed by atoms with Crippen LogP contribution >= 0.6 is 22.9 Å². The predicted octanol–water partition coefficient (Wildman–Crippen LogP) is 4.13. The summed E-state index contributed by atoms with van der Waals surface area (Å²) in [6, 6.07) is 6.72. The molecule has 0 spiro atoms. The van der Waals surface area contributed by atoms with Gasteiger partial charge < -0.3 is 0 Å². The number of rotatable bonds is 4. The van der Waals surface area contributed by atoms with Gasteiger partial charge in [0, 0.05) is 16.0 Å². The summed E-state index contributed by atoms with van der Waals surface area (Å²) in [5, 5.41) is 13.0. The largest absolute Gasteiger partial charge is 0.296 e. The summed E-state index contributed by atoms with van der Waals surface area (Å²) in [6.07, 6.45) is 0.965. The molecule has 1 amide bonds. The molecule has 0 aliphatic heterocycles. The molecule has 0 saturated heterocycles. The highest BCUT2D eigenvalue weighted by Gasteiger charge is 2.23. The van der Waals surface area contributed by atoms with Gasteiger partial charge in [-0.25, -0.2) is 0 Å². The number of amides is 1. The molecule has 0 fully saturated rings. The summed E-state index contributed by atoms with van der Waals surface area (Å²) in [5.41, 5.74) is 0.516. The molecule has 1 aromatic heterocycles. The van der Waals surface area contributed by atoms with Crippen LogP contribution in [0.1, 0.15) is 42.6 Å². The fraction of sp³-hybridized carbons (Fsp3) is 0.357. The number of aromatic nitrogens is 2. The van der Waals surface area contributed by atoms with E-state index in [1.54, 1.807) is 24.3 Å². The van der Waals surface area contributed by atoms with E-state index in [2.05, 4.69) is 36.3 Å². The van der Waals surface area contributed by atoms with Crippen molar-refractivity contribution in [2.24, 2.45) is 0 Å². The summed E-state index contributed by atoms with van der Waals surface area (Å²) in [4.78, 5) is 12.0. The minimum absolute atomic E-state index is 0.0269. The molecule has 6 heteroatoms.